The summed E-state index contributed by atoms with van der Waals surface area (Å²) in [6.45, 7) is 8.88. The van der Waals surface area contributed by atoms with Gasteiger partial charge in [-0.05, 0) is 39.0 Å². The van der Waals surface area contributed by atoms with Gasteiger partial charge in [-0.25, -0.2) is 0 Å². The molecule has 1 saturated heterocycles. The summed E-state index contributed by atoms with van der Waals surface area (Å²) in [5, 5.41) is 11.5. The molecule has 0 unspecified atom stereocenters. The summed E-state index contributed by atoms with van der Waals surface area (Å²) >= 11 is 0. The zero-order valence-corrected chi connectivity index (χ0v) is 17.2. The summed E-state index contributed by atoms with van der Waals surface area (Å²) in [5.41, 5.74) is 3.08. The summed E-state index contributed by atoms with van der Waals surface area (Å²) in [6.07, 6.45) is 6.05. The zero-order valence-electron chi connectivity index (χ0n) is 17.2. The summed E-state index contributed by atoms with van der Waals surface area (Å²) in [7, 11) is 1.79. The van der Waals surface area contributed by atoms with Crippen LogP contribution in [0.4, 0.5) is 0 Å². The van der Waals surface area contributed by atoms with Gasteiger partial charge >= 0.3 is 0 Å². The number of aryl methyl sites for hydroxylation is 3. The number of rotatable bonds is 6. The van der Waals surface area contributed by atoms with Crippen molar-refractivity contribution in [1.29, 1.82) is 0 Å². The van der Waals surface area contributed by atoms with Crippen LogP contribution in [0.25, 0.3) is 0 Å². The lowest BCUT2D eigenvalue weighted by molar-refractivity contribution is 0.0682. The molecule has 0 radical (unpaired) electrons. The minimum Gasteiger partial charge on any atom is -0.352 e. The third-order valence-electron chi connectivity index (χ3n) is 5.45. The first-order valence-corrected chi connectivity index (χ1v) is 10.0. The van der Waals surface area contributed by atoms with E-state index in [2.05, 4.69) is 22.4 Å². The Kier molecular flexibility index (Phi) is 6.16. The number of hydrogen-bond donors (Lipinski definition) is 1. The van der Waals surface area contributed by atoms with Crippen LogP contribution in [0.5, 0.6) is 0 Å². The molecule has 1 aliphatic heterocycles. The van der Waals surface area contributed by atoms with E-state index in [0.29, 0.717) is 31.1 Å². The highest BCUT2D eigenvalue weighted by Gasteiger charge is 2.27. The molecule has 1 fully saturated rings. The normalized spacial score (nSPS) is 15.1. The first-order chi connectivity index (χ1) is 13.4. The van der Waals surface area contributed by atoms with E-state index in [1.807, 2.05) is 23.4 Å². The lowest BCUT2D eigenvalue weighted by atomic mass is 9.96. The molecule has 0 saturated carbocycles. The Morgan fingerprint density at radius 1 is 1.25 bits per heavy atom. The number of carbonyl (C=O) groups excluding carboxylic acids is 2. The SMILES string of the molecule is CCCn1nc(C)c(C(=O)N2CCC(CNC(=O)c3cnn(C)c3)CC2)c1C. The number of amides is 2. The van der Waals surface area contributed by atoms with Gasteiger partial charge in [0, 0.05) is 45.1 Å². The van der Waals surface area contributed by atoms with Crippen LogP contribution < -0.4 is 5.32 Å². The van der Waals surface area contributed by atoms with Crippen LogP contribution in [-0.2, 0) is 13.6 Å². The maximum Gasteiger partial charge on any atom is 0.257 e. The molecule has 0 atom stereocenters. The third-order valence-corrected chi connectivity index (χ3v) is 5.45. The van der Waals surface area contributed by atoms with Crippen LogP contribution in [0.1, 0.15) is 58.3 Å². The van der Waals surface area contributed by atoms with E-state index in [1.165, 1.54) is 0 Å². The fourth-order valence-corrected chi connectivity index (χ4v) is 3.81. The number of nitrogens with zero attached hydrogens (tertiary/aromatic N) is 5. The molecule has 3 rings (SSSR count). The van der Waals surface area contributed by atoms with Crippen molar-refractivity contribution in [3.63, 3.8) is 0 Å². The van der Waals surface area contributed by atoms with Crippen LogP contribution >= 0.6 is 0 Å². The minimum atomic E-state index is -0.0961. The fourth-order valence-electron chi connectivity index (χ4n) is 3.81. The highest BCUT2D eigenvalue weighted by atomic mass is 16.2. The monoisotopic (exact) mass is 386 g/mol. The fraction of sp³-hybridized carbons (Fsp3) is 0.600. The van der Waals surface area contributed by atoms with Gasteiger partial charge in [0.1, 0.15) is 0 Å². The van der Waals surface area contributed by atoms with Crippen molar-refractivity contribution in [3.05, 3.63) is 34.9 Å². The van der Waals surface area contributed by atoms with Gasteiger partial charge in [0.2, 0.25) is 0 Å². The van der Waals surface area contributed by atoms with Crippen molar-refractivity contribution >= 4 is 11.8 Å². The van der Waals surface area contributed by atoms with Crippen molar-refractivity contribution in [2.75, 3.05) is 19.6 Å². The highest BCUT2D eigenvalue weighted by Crippen LogP contribution is 2.22. The first-order valence-electron chi connectivity index (χ1n) is 10.0. The Bertz CT molecular complexity index is 845. The molecule has 2 aromatic rings. The van der Waals surface area contributed by atoms with Gasteiger partial charge in [-0.3, -0.25) is 19.0 Å². The third kappa shape index (κ3) is 4.26. The molecule has 0 spiro atoms. The van der Waals surface area contributed by atoms with Gasteiger partial charge in [0.15, 0.2) is 0 Å². The Morgan fingerprint density at radius 3 is 2.57 bits per heavy atom. The largest absolute Gasteiger partial charge is 0.352 e. The van der Waals surface area contributed by atoms with Gasteiger partial charge in [0.05, 0.1) is 23.0 Å². The lowest BCUT2D eigenvalue weighted by Gasteiger charge is -2.32. The molecule has 0 aromatic carbocycles. The smallest absolute Gasteiger partial charge is 0.257 e. The molecule has 1 aliphatic rings. The van der Waals surface area contributed by atoms with Gasteiger partial charge in [-0.1, -0.05) is 6.92 Å². The van der Waals surface area contributed by atoms with Crippen molar-refractivity contribution in [2.45, 2.75) is 46.6 Å². The number of piperidine rings is 1. The van der Waals surface area contributed by atoms with Gasteiger partial charge in [-0.15, -0.1) is 0 Å². The molecule has 8 nitrogen and oxygen atoms in total. The summed E-state index contributed by atoms with van der Waals surface area (Å²) in [4.78, 5) is 27.1. The van der Waals surface area contributed by atoms with Crippen LogP contribution in [0.2, 0.25) is 0 Å². The van der Waals surface area contributed by atoms with Crippen molar-refractivity contribution in [1.82, 2.24) is 29.8 Å². The zero-order chi connectivity index (χ0) is 20.3. The lowest BCUT2D eigenvalue weighted by Crippen LogP contribution is -2.41. The summed E-state index contributed by atoms with van der Waals surface area (Å²) in [5.74, 6) is 0.367. The van der Waals surface area contributed by atoms with E-state index >= 15 is 0 Å². The van der Waals surface area contributed by atoms with Crippen LogP contribution in [-0.4, -0.2) is 55.9 Å². The Balaban J connectivity index is 1.52. The molecule has 8 heteroatoms. The Hall–Kier alpha value is -2.64. The Labute approximate surface area is 165 Å². The van der Waals surface area contributed by atoms with Crippen LogP contribution in [0.15, 0.2) is 12.4 Å². The van der Waals surface area contributed by atoms with Gasteiger partial charge in [0.25, 0.3) is 11.8 Å². The maximum absolute atomic E-state index is 13.0. The van der Waals surface area contributed by atoms with Crippen LogP contribution in [0, 0.1) is 19.8 Å². The second-order valence-electron chi connectivity index (χ2n) is 7.62. The number of hydrogen-bond acceptors (Lipinski definition) is 4. The molecule has 2 aromatic heterocycles. The molecule has 3 heterocycles. The predicted octanol–water partition coefficient (Wildman–Crippen LogP) is 1.93. The van der Waals surface area contributed by atoms with Crippen molar-refractivity contribution < 1.29 is 9.59 Å². The maximum atomic E-state index is 13.0. The van der Waals surface area contributed by atoms with E-state index in [4.69, 9.17) is 0 Å². The average Bonchev–Trinajstić information content (AvgIpc) is 3.23. The quantitative estimate of drug-likeness (QED) is 0.822. The van der Waals surface area contributed by atoms with Crippen molar-refractivity contribution in [3.8, 4) is 0 Å². The number of nitrogens with one attached hydrogen (secondary N) is 1. The van der Waals surface area contributed by atoms with Gasteiger partial charge in [-0.2, -0.15) is 10.2 Å². The molecule has 152 valence electrons. The number of likely N-dealkylation sites (tertiary alicyclic amines) is 1. The number of aromatic nitrogens is 4. The summed E-state index contributed by atoms with van der Waals surface area (Å²) < 4.78 is 3.55. The topological polar surface area (TPSA) is 85.1 Å². The number of carbonyl (C=O) groups is 2. The van der Waals surface area contributed by atoms with E-state index in [1.54, 1.807) is 24.1 Å². The molecular weight excluding hydrogens is 356 g/mol. The standard InChI is InChI=1S/C20H30N6O2/c1-5-8-26-15(3)18(14(2)23-26)20(28)25-9-6-16(7-10-25)11-21-19(27)17-12-22-24(4)13-17/h12-13,16H,5-11H2,1-4H3,(H,21,27). The van der Waals surface area contributed by atoms with E-state index in [-0.39, 0.29) is 11.8 Å². The van der Waals surface area contributed by atoms with E-state index < -0.39 is 0 Å². The molecule has 0 bridgehead atoms. The second kappa shape index (κ2) is 8.58. The van der Waals surface area contributed by atoms with Crippen LogP contribution in [0.3, 0.4) is 0 Å². The molecule has 2 amide bonds. The van der Waals surface area contributed by atoms with Gasteiger partial charge < -0.3 is 10.2 Å². The second-order valence-corrected chi connectivity index (χ2v) is 7.62. The molecule has 28 heavy (non-hydrogen) atoms. The predicted molar refractivity (Wildman–Crippen MR) is 106 cm³/mol. The minimum absolute atomic E-state index is 0.0789. The van der Waals surface area contributed by atoms with E-state index in [9.17, 15) is 9.59 Å². The Morgan fingerprint density at radius 2 is 1.96 bits per heavy atom. The average molecular weight is 387 g/mol. The molecule has 0 aliphatic carbocycles. The highest BCUT2D eigenvalue weighted by molar-refractivity contribution is 5.96. The summed E-state index contributed by atoms with van der Waals surface area (Å²) in [6, 6.07) is 0. The van der Waals surface area contributed by atoms with Crippen molar-refractivity contribution in [2.24, 2.45) is 13.0 Å². The first kappa shape index (κ1) is 20.1. The molecular formula is C20H30N6O2. The van der Waals surface area contributed by atoms with E-state index in [0.717, 1.165) is 42.8 Å². The molecule has 1 N–H and O–H groups in total.